The van der Waals surface area contributed by atoms with Gasteiger partial charge in [0.15, 0.2) is 0 Å². The number of benzene rings is 1. The Morgan fingerprint density at radius 1 is 1.10 bits per heavy atom. The summed E-state index contributed by atoms with van der Waals surface area (Å²) in [5, 5.41) is 3.95. The number of hydrogen-bond acceptors (Lipinski definition) is 5. The van der Waals surface area contributed by atoms with E-state index in [1.54, 1.807) is 4.57 Å². The Balaban J connectivity index is 1.13. The molecule has 1 aliphatic carbocycles. The van der Waals surface area contributed by atoms with Gasteiger partial charge >= 0.3 is 5.69 Å². The largest absolute Gasteiger partial charge is 0.361 e. The van der Waals surface area contributed by atoms with Crippen LogP contribution in [0.4, 0.5) is 0 Å². The third kappa shape index (κ3) is 3.74. The summed E-state index contributed by atoms with van der Waals surface area (Å²) in [5.74, 6) is 1.51. The van der Waals surface area contributed by atoms with Crippen LogP contribution in [0.2, 0.25) is 0 Å². The average Bonchev–Trinajstić information content (AvgIpc) is 3.15. The number of likely N-dealkylation sites (tertiary alicyclic amines) is 1. The molecule has 3 heterocycles. The summed E-state index contributed by atoms with van der Waals surface area (Å²) in [6, 6.07) is 11.0. The van der Waals surface area contributed by atoms with E-state index in [9.17, 15) is 4.79 Å². The highest BCUT2D eigenvalue weighted by atomic mass is 16.5. The maximum atomic E-state index is 12.5. The number of rotatable bonds is 7. The monoisotopic (exact) mass is 418 g/mol. The van der Waals surface area contributed by atoms with Crippen LogP contribution in [0.25, 0.3) is 11.3 Å². The Morgan fingerprint density at radius 3 is 2.58 bits per heavy atom. The fourth-order valence-electron chi connectivity index (χ4n) is 5.29. The lowest BCUT2D eigenvalue weighted by Crippen LogP contribution is -2.28. The van der Waals surface area contributed by atoms with Crippen molar-refractivity contribution >= 4 is 0 Å². The Labute approximate surface area is 182 Å². The van der Waals surface area contributed by atoms with E-state index in [4.69, 9.17) is 4.52 Å². The Bertz CT molecular complexity index is 1130. The summed E-state index contributed by atoms with van der Waals surface area (Å²) in [6.45, 7) is 10.0. The van der Waals surface area contributed by atoms with E-state index in [1.165, 1.54) is 30.6 Å². The van der Waals surface area contributed by atoms with Gasteiger partial charge in [-0.2, -0.15) is 4.98 Å². The van der Waals surface area contributed by atoms with Crippen LogP contribution in [-0.2, 0) is 12.0 Å². The van der Waals surface area contributed by atoms with Crippen LogP contribution >= 0.6 is 0 Å². The highest BCUT2D eigenvalue weighted by molar-refractivity contribution is 5.62. The second kappa shape index (κ2) is 7.75. The predicted molar refractivity (Wildman–Crippen MR) is 120 cm³/mol. The van der Waals surface area contributed by atoms with Crippen molar-refractivity contribution < 1.29 is 4.52 Å². The van der Waals surface area contributed by atoms with Gasteiger partial charge < -0.3 is 9.42 Å². The van der Waals surface area contributed by atoms with E-state index in [2.05, 4.69) is 46.2 Å². The van der Waals surface area contributed by atoms with Crippen molar-refractivity contribution in [3.8, 4) is 11.3 Å². The minimum atomic E-state index is -0.210. The fraction of sp³-hybridized carbons (Fsp3) is 0.480. The molecule has 6 nitrogen and oxygen atoms in total. The lowest BCUT2D eigenvalue weighted by atomic mass is 9.94. The maximum absolute atomic E-state index is 12.5. The standard InChI is InChI=1S/C25H30N4O2/c1-17-6-8-20(9-7-17)25-14-21(25)15-28(16-25)11-4-5-12-29-13-10-22(26-24(29)30)23-18(2)27-31-19(23)3/h6-10,13,21H,4-5,11-12,14-16H2,1-3H3/t21-,25?/m0/s1. The summed E-state index contributed by atoms with van der Waals surface area (Å²) in [7, 11) is 0. The van der Waals surface area contributed by atoms with Crippen LogP contribution < -0.4 is 5.69 Å². The van der Waals surface area contributed by atoms with Crippen molar-refractivity contribution in [2.75, 3.05) is 19.6 Å². The molecular formula is C25H30N4O2. The Morgan fingerprint density at radius 2 is 1.87 bits per heavy atom. The van der Waals surface area contributed by atoms with Gasteiger partial charge in [0.25, 0.3) is 0 Å². The molecule has 6 heteroatoms. The zero-order chi connectivity index (χ0) is 21.6. The molecule has 0 N–H and O–H groups in total. The van der Waals surface area contributed by atoms with E-state index < -0.39 is 0 Å². The quantitative estimate of drug-likeness (QED) is 0.545. The van der Waals surface area contributed by atoms with Gasteiger partial charge in [0.1, 0.15) is 5.76 Å². The normalized spacial score (nSPS) is 22.6. The number of aromatic nitrogens is 3. The number of nitrogens with zero attached hydrogens (tertiary/aromatic N) is 4. The Kier molecular flexibility index (Phi) is 5.05. The molecule has 2 aliphatic rings. The molecule has 1 saturated carbocycles. The first kappa shape index (κ1) is 20.2. The smallest absolute Gasteiger partial charge is 0.348 e. The molecule has 1 unspecified atom stereocenters. The van der Waals surface area contributed by atoms with Crippen molar-refractivity contribution in [1.29, 1.82) is 0 Å². The minimum Gasteiger partial charge on any atom is -0.361 e. The van der Waals surface area contributed by atoms with E-state index in [0.29, 0.717) is 23.4 Å². The number of unbranched alkanes of at least 4 members (excludes halogenated alkanes) is 1. The SMILES string of the molecule is Cc1ccc(C23C[C@H]2CN(CCCCn2ccc(-c4c(C)noc4C)nc2=O)C3)cc1. The van der Waals surface area contributed by atoms with Gasteiger partial charge in [-0.1, -0.05) is 35.0 Å². The summed E-state index contributed by atoms with van der Waals surface area (Å²) in [6.07, 6.45) is 5.25. The summed E-state index contributed by atoms with van der Waals surface area (Å²) < 4.78 is 6.90. The molecule has 1 aliphatic heterocycles. The number of piperidine rings is 1. The lowest BCUT2D eigenvalue weighted by molar-refractivity contribution is 0.289. The topological polar surface area (TPSA) is 64.2 Å². The number of hydrogen-bond donors (Lipinski definition) is 0. The second-order valence-electron chi connectivity index (χ2n) is 9.35. The van der Waals surface area contributed by atoms with Crippen molar-refractivity contribution in [3.63, 3.8) is 0 Å². The fourth-order valence-corrected chi connectivity index (χ4v) is 5.29. The van der Waals surface area contributed by atoms with E-state index in [1.807, 2.05) is 26.1 Å². The average molecular weight is 419 g/mol. The predicted octanol–water partition coefficient (Wildman–Crippen LogP) is 3.88. The molecule has 0 radical (unpaired) electrons. The molecule has 2 fully saturated rings. The van der Waals surface area contributed by atoms with E-state index >= 15 is 0 Å². The first-order valence-electron chi connectivity index (χ1n) is 11.3. The second-order valence-corrected chi connectivity index (χ2v) is 9.35. The number of fused-ring (bicyclic) bond motifs is 1. The van der Waals surface area contributed by atoms with Gasteiger partial charge in [-0.15, -0.1) is 0 Å². The summed E-state index contributed by atoms with van der Waals surface area (Å²) in [5.41, 5.74) is 5.25. The van der Waals surface area contributed by atoms with Crippen molar-refractivity contribution in [2.24, 2.45) is 5.92 Å². The zero-order valence-corrected chi connectivity index (χ0v) is 18.6. The van der Waals surface area contributed by atoms with Gasteiger partial charge in [-0.3, -0.25) is 4.57 Å². The van der Waals surface area contributed by atoms with E-state index in [0.717, 1.165) is 36.6 Å². The van der Waals surface area contributed by atoms with Gasteiger partial charge in [0.2, 0.25) is 0 Å². The van der Waals surface area contributed by atoms with Crippen LogP contribution in [0.15, 0.2) is 45.8 Å². The van der Waals surface area contributed by atoms with Crippen LogP contribution in [0, 0.1) is 26.7 Å². The molecule has 5 rings (SSSR count). The highest BCUT2D eigenvalue weighted by Crippen LogP contribution is 2.58. The lowest BCUT2D eigenvalue weighted by Gasteiger charge is -2.21. The highest BCUT2D eigenvalue weighted by Gasteiger charge is 2.60. The van der Waals surface area contributed by atoms with Gasteiger partial charge in [-0.25, -0.2) is 4.79 Å². The van der Waals surface area contributed by atoms with Crippen LogP contribution in [0.1, 0.15) is 41.8 Å². The molecule has 31 heavy (non-hydrogen) atoms. The van der Waals surface area contributed by atoms with Gasteiger partial charge in [0, 0.05) is 31.2 Å². The summed E-state index contributed by atoms with van der Waals surface area (Å²) >= 11 is 0. The van der Waals surface area contributed by atoms with Gasteiger partial charge in [0.05, 0.1) is 17.0 Å². The summed E-state index contributed by atoms with van der Waals surface area (Å²) in [4.78, 5) is 19.3. The van der Waals surface area contributed by atoms with Crippen LogP contribution in [-0.4, -0.2) is 39.2 Å². The van der Waals surface area contributed by atoms with E-state index in [-0.39, 0.29) is 5.69 Å². The molecule has 1 aromatic carbocycles. The molecule has 2 atom stereocenters. The van der Waals surface area contributed by atoms with Gasteiger partial charge in [-0.05, 0) is 64.1 Å². The third-order valence-electron chi connectivity index (χ3n) is 7.13. The molecular weight excluding hydrogens is 388 g/mol. The first-order valence-corrected chi connectivity index (χ1v) is 11.3. The maximum Gasteiger partial charge on any atom is 0.348 e. The molecule has 3 aromatic rings. The number of aryl methyl sites for hydroxylation is 4. The van der Waals surface area contributed by atoms with Crippen LogP contribution in [0.3, 0.4) is 0 Å². The van der Waals surface area contributed by atoms with Crippen LogP contribution in [0.5, 0.6) is 0 Å². The molecule has 162 valence electrons. The molecule has 1 saturated heterocycles. The zero-order valence-electron chi connectivity index (χ0n) is 18.6. The van der Waals surface area contributed by atoms with Crippen molar-refractivity contribution in [2.45, 2.75) is 52.0 Å². The molecule has 0 bridgehead atoms. The molecule has 0 spiro atoms. The van der Waals surface area contributed by atoms with Crippen molar-refractivity contribution in [3.05, 3.63) is 69.6 Å². The molecule has 2 aromatic heterocycles. The van der Waals surface area contributed by atoms with Crippen molar-refractivity contribution in [1.82, 2.24) is 19.6 Å². The Hall–Kier alpha value is -2.73. The molecule has 0 amide bonds. The first-order chi connectivity index (χ1) is 15.0. The third-order valence-corrected chi connectivity index (χ3v) is 7.13. The minimum absolute atomic E-state index is 0.210.